The van der Waals surface area contributed by atoms with Crippen LogP contribution in [-0.2, 0) is 10.0 Å². The van der Waals surface area contributed by atoms with Crippen molar-refractivity contribution in [3.05, 3.63) is 59.2 Å². The van der Waals surface area contributed by atoms with E-state index in [2.05, 4.69) is 10.2 Å². The molecule has 0 radical (unpaired) electrons. The zero-order chi connectivity index (χ0) is 22.6. The molecule has 1 aliphatic heterocycles. The molecule has 1 fully saturated rings. The predicted molar refractivity (Wildman–Crippen MR) is 121 cm³/mol. The van der Waals surface area contributed by atoms with Crippen molar-refractivity contribution >= 4 is 15.9 Å². The van der Waals surface area contributed by atoms with Gasteiger partial charge in [-0.3, -0.25) is 4.79 Å². The molecule has 168 valence electrons. The first-order chi connectivity index (χ1) is 14.8. The van der Waals surface area contributed by atoms with Gasteiger partial charge in [-0.25, -0.2) is 8.42 Å². The van der Waals surface area contributed by atoms with Gasteiger partial charge in [0.05, 0.1) is 18.0 Å². The lowest BCUT2D eigenvalue weighted by Gasteiger charge is -2.31. The topological polar surface area (TPSA) is 79.0 Å². The smallest absolute Gasteiger partial charge is 0.251 e. The van der Waals surface area contributed by atoms with E-state index in [1.807, 2.05) is 39.1 Å². The fraction of sp³-hybridized carbons (Fsp3) is 0.435. The summed E-state index contributed by atoms with van der Waals surface area (Å²) in [6, 6.07) is 11.9. The Morgan fingerprint density at radius 3 is 2.45 bits per heavy atom. The first kappa shape index (κ1) is 23.2. The molecule has 1 unspecified atom stereocenters. The third-order valence-electron chi connectivity index (χ3n) is 5.73. The highest BCUT2D eigenvalue weighted by Gasteiger charge is 2.28. The molecule has 1 atom stereocenters. The van der Waals surface area contributed by atoms with Gasteiger partial charge in [0.1, 0.15) is 5.75 Å². The van der Waals surface area contributed by atoms with Crippen molar-refractivity contribution in [1.82, 2.24) is 14.5 Å². The largest absolute Gasteiger partial charge is 0.496 e. The number of rotatable bonds is 7. The SMILES string of the molecule is CCC(NC(=O)c1cccc(S(=O)(=O)N2CCN(C)CC2)c1)c1ccc(OC)c(C)c1. The van der Waals surface area contributed by atoms with Crippen molar-refractivity contribution in [1.29, 1.82) is 0 Å². The van der Waals surface area contributed by atoms with Crippen molar-refractivity contribution in [3.8, 4) is 5.75 Å². The second kappa shape index (κ2) is 9.80. The molecule has 1 amide bonds. The first-order valence-corrected chi connectivity index (χ1v) is 11.9. The Kier molecular flexibility index (Phi) is 7.35. The van der Waals surface area contributed by atoms with Crippen LogP contribution >= 0.6 is 0 Å². The normalized spacial score (nSPS) is 16.6. The molecule has 0 saturated carbocycles. The molecular formula is C23H31N3O4S. The molecule has 8 heteroatoms. The quantitative estimate of drug-likeness (QED) is 0.709. The fourth-order valence-electron chi connectivity index (χ4n) is 3.76. The summed E-state index contributed by atoms with van der Waals surface area (Å²) in [7, 11) is -0.0234. The zero-order valence-corrected chi connectivity index (χ0v) is 19.4. The summed E-state index contributed by atoms with van der Waals surface area (Å²) >= 11 is 0. The van der Waals surface area contributed by atoms with E-state index in [0.717, 1.165) is 16.9 Å². The van der Waals surface area contributed by atoms with Crippen LogP contribution in [0.25, 0.3) is 0 Å². The highest BCUT2D eigenvalue weighted by molar-refractivity contribution is 7.89. The Balaban J connectivity index is 1.78. The number of ether oxygens (including phenoxy) is 1. The first-order valence-electron chi connectivity index (χ1n) is 10.5. The molecular weight excluding hydrogens is 414 g/mol. The lowest BCUT2D eigenvalue weighted by atomic mass is 10.0. The van der Waals surface area contributed by atoms with E-state index < -0.39 is 10.0 Å². The van der Waals surface area contributed by atoms with Crippen molar-refractivity contribution in [2.75, 3.05) is 40.3 Å². The van der Waals surface area contributed by atoms with Crippen LogP contribution < -0.4 is 10.1 Å². The minimum Gasteiger partial charge on any atom is -0.496 e. The zero-order valence-electron chi connectivity index (χ0n) is 18.6. The summed E-state index contributed by atoms with van der Waals surface area (Å²) in [5, 5.41) is 3.03. The van der Waals surface area contributed by atoms with E-state index in [0.29, 0.717) is 38.2 Å². The molecule has 0 aliphatic carbocycles. The molecule has 1 saturated heterocycles. The molecule has 1 heterocycles. The molecule has 31 heavy (non-hydrogen) atoms. The highest BCUT2D eigenvalue weighted by atomic mass is 32.2. The number of likely N-dealkylation sites (N-methyl/N-ethyl adjacent to an activating group) is 1. The number of methoxy groups -OCH3 is 1. The Labute approximate surface area is 185 Å². The third kappa shape index (κ3) is 5.26. The number of carbonyl (C=O) groups is 1. The van der Waals surface area contributed by atoms with Gasteiger partial charge in [-0.1, -0.05) is 25.1 Å². The number of hydrogen-bond donors (Lipinski definition) is 1. The van der Waals surface area contributed by atoms with Gasteiger partial charge in [-0.15, -0.1) is 0 Å². The maximum Gasteiger partial charge on any atom is 0.251 e. The molecule has 7 nitrogen and oxygen atoms in total. The van der Waals surface area contributed by atoms with E-state index in [1.54, 1.807) is 25.3 Å². The Hall–Kier alpha value is -2.42. The number of nitrogens with zero attached hydrogens (tertiary/aromatic N) is 2. The van der Waals surface area contributed by atoms with Gasteiger partial charge in [0.25, 0.3) is 5.91 Å². The molecule has 0 aromatic heterocycles. The minimum atomic E-state index is -3.63. The van der Waals surface area contributed by atoms with Crippen LogP contribution in [0.5, 0.6) is 5.75 Å². The second-order valence-electron chi connectivity index (χ2n) is 7.90. The Bertz CT molecular complexity index is 1030. The van der Waals surface area contributed by atoms with Gasteiger partial charge < -0.3 is 15.0 Å². The van der Waals surface area contributed by atoms with Crippen LogP contribution in [0.15, 0.2) is 47.4 Å². The fourth-order valence-corrected chi connectivity index (χ4v) is 5.22. The van der Waals surface area contributed by atoms with Gasteiger partial charge in [0.15, 0.2) is 0 Å². The number of hydrogen-bond acceptors (Lipinski definition) is 5. The number of nitrogens with one attached hydrogen (secondary N) is 1. The molecule has 2 aromatic carbocycles. The summed E-state index contributed by atoms with van der Waals surface area (Å²) < 4.78 is 32.9. The number of benzene rings is 2. The summed E-state index contributed by atoms with van der Waals surface area (Å²) in [4.78, 5) is 15.2. The number of aryl methyl sites for hydroxylation is 1. The van der Waals surface area contributed by atoms with Crippen molar-refractivity contribution in [2.24, 2.45) is 0 Å². The van der Waals surface area contributed by atoms with Crippen LogP contribution in [0.2, 0.25) is 0 Å². The number of piperazine rings is 1. The van der Waals surface area contributed by atoms with Crippen LogP contribution in [0, 0.1) is 6.92 Å². The molecule has 1 aliphatic rings. The van der Waals surface area contributed by atoms with Crippen molar-refractivity contribution < 1.29 is 17.9 Å². The van der Waals surface area contributed by atoms with Gasteiger partial charge >= 0.3 is 0 Å². The lowest BCUT2D eigenvalue weighted by Crippen LogP contribution is -2.47. The predicted octanol–water partition coefficient (Wildman–Crippen LogP) is 2.82. The molecule has 2 aromatic rings. The van der Waals surface area contributed by atoms with Crippen LogP contribution in [0.1, 0.15) is 40.9 Å². The number of carbonyl (C=O) groups excluding carboxylic acids is 1. The molecule has 0 bridgehead atoms. The summed E-state index contributed by atoms with van der Waals surface area (Å²) in [6.45, 7) is 6.24. The average Bonchev–Trinajstić information content (AvgIpc) is 2.77. The molecule has 3 rings (SSSR count). The average molecular weight is 446 g/mol. The van der Waals surface area contributed by atoms with Gasteiger partial charge in [0, 0.05) is 31.7 Å². The number of sulfonamides is 1. The van der Waals surface area contributed by atoms with E-state index in [-0.39, 0.29) is 16.8 Å². The van der Waals surface area contributed by atoms with Gasteiger partial charge in [-0.2, -0.15) is 4.31 Å². The summed E-state index contributed by atoms with van der Waals surface area (Å²) in [5.74, 6) is 0.502. The highest BCUT2D eigenvalue weighted by Crippen LogP contribution is 2.25. The maximum absolute atomic E-state index is 13.0. The van der Waals surface area contributed by atoms with Gasteiger partial charge in [-0.05, 0) is 55.8 Å². The molecule has 1 N–H and O–H groups in total. The van der Waals surface area contributed by atoms with E-state index in [4.69, 9.17) is 4.74 Å². The minimum absolute atomic E-state index is 0.151. The van der Waals surface area contributed by atoms with E-state index in [1.165, 1.54) is 10.4 Å². The Morgan fingerprint density at radius 1 is 1.13 bits per heavy atom. The summed E-state index contributed by atoms with van der Waals surface area (Å²) in [5.41, 5.74) is 2.31. The monoisotopic (exact) mass is 445 g/mol. The standard InChI is InChI=1S/C23H31N3O4S/c1-5-21(18-9-10-22(30-4)17(2)15-18)24-23(27)19-7-6-8-20(16-19)31(28,29)26-13-11-25(3)12-14-26/h6-10,15-16,21H,5,11-14H2,1-4H3,(H,24,27). The second-order valence-corrected chi connectivity index (χ2v) is 9.84. The lowest BCUT2D eigenvalue weighted by molar-refractivity contribution is 0.0935. The maximum atomic E-state index is 13.0. The van der Waals surface area contributed by atoms with Crippen molar-refractivity contribution in [3.63, 3.8) is 0 Å². The van der Waals surface area contributed by atoms with Crippen LogP contribution in [-0.4, -0.2) is 63.9 Å². The van der Waals surface area contributed by atoms with Crippen LogP contribution in [0.4, 0.5) is 0 Å². The third-order valence-corrected chi connectivity index (χ3v) is 7.63. The number of amides is 1. The summed E-state index contributed by atoms with van der Waals surface area (Å²) in [6.07, 6.45) is 0.705. The van der Waals surface area contributed by atoms with Crippen LogP contribution in [0.3, 0.4) is 0 Å². The van der Waals surface area contributed by atoms with E-state index in [9.17, 15) is 13.2 Å². The van der Waals surface area contributed by atoms with Gasteiger partial charge in [0.2, 0.25) is 10.0 Å². The van der Waals surface area contributed by atoms with Crippen molar-refractivity contribution in [2.45, 2.75) is 31.2 Å². The Morgan fingerprint density at radius 2 is 1.84 bits per heavy atom. The van der Waals surface area contributed by atoms with E-state index >= 15 is 0 Å². The molecule has 0 spiro atoms.